The largest absolute Gasteiger partial charge is 0.353 e. The molecule has 3 rings (SSSR count). The number of amides is 2. The highest BCUT2D eigenvalue weighted by molar-refractivity contribution is 5.77. The molecular formula is C13H20N4O. The molecule has 0 spiro atoms. The summed E-state index contributed by atoms with van der Waals surface area (Å²) in [6.07, 6.45) is 3.14. The van der Waals surface area contributed by atoms with Crippen molar-refractivity contribution in [3.63, 3.8) is 0 Å². The smallest absolute Gasteiger partial charge is 0.317 e. The maximum absolute atomic E-state index is 11.6. The van der Waals surface area contributed by atoms with Crippen molar-refractivity contribution in [2.24, 2.45) is 7.05 Å². The lowest BCUT2D eigenvalue weighted by Crippen LogP contribution is -2.50. The van der Waals surface area contributed by atoms with Crippen LogP contribution in [0.15, 0.2) is 18.3 Å². The normalized spacial score (nSPS) is 28.3. The molecule has 1 N–H and O–H groups in total. The Morgan fingerprint density at radius 3 is 3.00 bits per heavy atom. The van der Waals surface area contributed by atoms with Crippen molar-refractivity contribution in [1.29, 1.82) is 0 Å². The molecule has 2 fully saturated rings. The topological polar surface area (TPSA) is 40.5 Å². The predicted octanol–water partition coefficient (Wildman–Crippen LogP) is 0.623. The van der Waals surface area contributed by atoms with E-state index in [2.05, 4.69) is 40.2 Å². The number of urea groups is 1. The molecule has 0 bridgehead atoms. The number of fused-ring (bicyclic) bond motifs is 1. The van der Waals surface area contributed by atoms with Gasteiger partial charge in [0.05, 0.1) is 12.1 Å². The molecule has 2 aliphatic rings. The third kappa shape index (κ3) is 1.88. The van der Waals surface area contributed by atoms with Crippen molar-refractivity contribution in [3.8, 4) is 0 Å². The average Bonchev–Trinajstić information content (AvgIpc) is 2.86. The van der Waals surface area contributed by atoms with E-state index in [4.69, 9.17) is 0 Å². The molecule has 0 saturated carbocycles. The zero-order valence-corrected chi connectivity index (χ0v) is 11.0. The van der Waals surface area contributed by atoms with Crippen molar-refractivity contribution < 1.29 is 4.79 Å². The minimum atomic E-state index is 0.0747. The number of rotatable bonds is 2. The van der Waals surface area contributed by atoms with Crippen molar-refractivity contribution in [1.82, 2.24) is 19.7 Å². The fraction of sp³-hybridized carbons (Fsp3) is 0.615. The molecule has 0 aliphatic carbocycles. The summed E-state index contributed by atoms with van der Waals surface area (Å²) in [4.78, 5) is 15.9. The molecule has 18 heavy (non-hydrogen) atoms. The number of likely N-dealkylation sites (tertiary alicyclic amines) is 1. The number of piperidine rings is 1. The van der Waals surface area contributed by atoms with Crippen LogP contribution in [-0.2, 0) is 13.6 Å². The Morgan fingerprint density at radius 1 is 1.44 bits per heavy atom. The van der Waals surface area contributed by atoms with Gasteiger partial charge >= 0.3 is 6.03 Å². The summed E-state index contributed by atoms with van der Waals surface area (Å²) < 4.78 is 2.16. The lowest BCUT2D eigenvalue weighted by atomic mass is 10.0. The SMILES string of the molecule is CN1C(=O)N[C@@H]2CN(Cc3cccn3C)CC[C@@H]21. The highest BCUT2D eigenvalue weighted by atomic mass is 16.2. The summed E-state index contributed by atoms with van der Waals surface area (Å²) in [5.74, 6) is 0. The first-order chi connectivity index (χ1) is 8.65. The minimum absolute atomic E-state index is 0.0747. The molecular weight excluding hydrogens is 228 g/mol. The van der Waals surface area contributed by atoms with Crippen LogP contribution >= 0.6 is 0 Å². The van der Waals surface area contributed by atoms with E-state index in [1.54, 1.807) is 0 Å². The number of hydrogen-bond donors (Lipinski definition) is 1. The monoisotopic (exact) mass is 248 g/mol. The summed E-state index contributed by atoms with van der Waals surface area (Å²) in [5, 5.41) is 3.07. The van der Waals surface area contributed by atoms with Gasteiger partial charge in [0.15, 0.2) is 0 Å². The van der Waals surface area contributed by atoms with Crippen LogP contribution in [0, 0.1) is 0 Å². The quantitative estimate of drug-likeness (QED) is 0.833. The molecule has 2 atom stereocenters. The van der Waals surface area contributed by atoms with Gasteiger partial charge in [-0.05, 0) is 18.6 Å². The first-order valence-electron chi connectivity index (χ1n) is 6.51. The Labute approximate surface area is 107 Å². The molecule has 0 aromatic carbocycles. The van der Waals surface area contributed by atoms with Gasteiger partial charge in [-0.25, -0.2) is 4.79 Å². The second-order valence-corrected chi connectivity index (χ2v) is 5.37. The van der Waals surface area contributed by atoms with Crippen LogP contribution in [0.3, 0.4) is 0 Å². The Kier molecular flexibility index (Phi) is 2.78. The van der Waals surface area contributed by atoms with Crippen molar-refractivity contribution in [2.45, 2.75) is 25.0 Å². The van der Waals surface area contributed by atoms with Gasteiger partial charge in [-0.3, -0.25) is 4.90 Å². The Morgan fingerprint density at radius 2 is 2.28 bits per heavy atom. The van der Waals surface area contributed by atoms with E-state index < -0.39 is 0 Å². The standard InChI is InChI=1S/C13H20N4O/c1-15-6-3-4-10(15)8-17-7-5-12-11(9-17)14-13(18)16(12)2/h3-4,6,11-12H,5,7-9H2,1-2H3,(H,14,18)/t11-,12+/m1/s1. The molecule has 0 unspecified atom stereocenters. The Bertz CT molecular complexity index is 456. The second kappa shape index (κ2) is 4.31. The van der Waals surface area contributed by atoms with Gasteiger partial charge in [-0.1, -0.05) is 0 Å². The molecule has 3 heterocycles. The van der Waals surface area contributed by atoms with Gasteiger partial charge in [0, 0.05) is 45.6 Å². The molecule has 5 heteroatoms. The van der Waals surface area contributed by atoms with E-state index in [1.807, 2.05) is 11.9 Å². The Balaban J connectivity index is 1.65. The zero-order chi connectivity index (χ0) is 12.7. The minimum Gasteiger partial charge on any atom is -0.353 e. The number of hydrogen-bond acceptors (Lipinski definition) is 2. The van der Waals surface area contributed by atoms with Crippen molar-refractivity contribution in [3.05, 3.63) is 24.0 Å². The molecule has 2 amide bonds. The maximum atomic E-state index is 11.6. The van der Waals surface area contributed by atoms with Crippen LogP contribution in [0.25, 0.3) is 0 Å². The fourth-order valence-electron chi connectivity index (χ4n) is 3.06. The first kappa shape index (κ1) is 11.6. The Hall–Kier alpha value is -1.49. The van der Waals surface area contributed by atoms with Gasteiger partial charge in [0.1, 0.15) is 0 Å². The van der Waals surface area contributed by atoms with Crippen LogP contribution in [0.5, 0.6) is 0 Å². The van der Waals surface area contributed by atoms with E-state index in [1.165, 1.54) is 5.69 Å². The summed E-state index contributed by atoms with van der Waals surface area (Å²) in [6.45, 7) is 2.98. The van der Waals surface area contributed by atoms with Crippen molar-refractivity contribution >= 4 is 6.03 Å². The lowest BCUT2D eigenvalue weighted by Gasteiger charge is -2.35. The van der Waals surface area contributed by atoms with Gasteiger partial charge < -0.3 is 14.8 Å². The van der Waals surface area contributed by atoms with Crippen LogP contribution in [0.2, 0.25) is 0 Å². The molecule has 0 radical (unpaired) electrons. The van der Waals surface area contributed by atoms with Crippen LogP contribution in [0.4, 0.5) is 4.79 Å². The molecule has 1 aromatic heterocycles. The number of aromatic nitrogens is 1. The second-order valence-electron chi connectivity index (χ2n) is 5.37. The molecule has 1 aromatic rings. The average molecular weight is 248 g/mol. The lowest BCUT2D eigenvalue weighted by molar-refractivity contribution is 0.145. The summed E-state index contributed by atoms with van der Waals surface area (Å²) >= 11 is 0. The third-order valence-electron chi connectivity index (χ3n) is 4.22. The van der Waals surface area contributed by atoms with Gasteiger partial charge in [-0.15, -0.1) is 0 Å². The number of nitrogens with one attached hydrogen (secondary N) is 1. The van der Waals surface area contributed by atoms with Gasteiger partial charge in [0.2, 0.25) is 0 Å². The summed E-state index contributed by atoms with van der Waals surface area (Å²) in [6, 6.07) is 4.97. The van der Waals surface area contributed by atoms with E-state index in [9.17, 15) is 4.79 Å². The highest BCUT2D eigenvalue weighted by Gasteiger charge is 2.40. The molecule has 2 saturated heterocycles. The number of carbonyl (C=O) groups excluding carboxylic acids is 1. The first-order valence-corrected chi connectivity index (χ1v) is 6.51. The molecule has 98 valence electrons. The number of likely N-dealkylation sites (N-methyl/N-ethyl adjacent to an activating group) is 1. The molecule has 2 aliphatic heterocycles. The zero-order valence-electron chi connectivity index (χ0n) is 11.0. The van der Waals surface area contributed by atoms with Gasteiger partial charge in [0.25, 0.3) is 0 Å². The molecule has 5 nitrogen and oxygen atoms in total. The van der Waals surface area contributed by atoms with E-state index in [-0.39, 0.29) is 12.1 Å². The number of aryl methyl sites for hydroxylation is 1. The number of nitrogens with zero attached hydrogens (tertiary/aromatic N) is 3. The number of carbonyl (C=O) groups is 1. The fourth-order valence-corrected chi connectivity index (χ4v) is 3.06. The van der Waals surface area contributed by atoms with E-state index >= 15 is 0 Å². The highest BCUT2D eigenvalue weighted by Crippen LogP contribution is 2.22. The predicted molar refractivity (Wildman–Crippen MR) is 69.2 cm³/mol. The summed E-state index contributed by atoms with van der Waals surface area (Å²) in [5.41, 5.74) is 1.33. The van der Waals surface area contributed by atoms with Crippen LogP contribution in [0.1, 0.15) is 12.1 Å². The van der Waals surface area contributed by atoms with E-state index in [0.29, 0.717) is 6.04 Å². The van der Waals surface area contributed by atoms with Crippen LogP contribution in [-0.4, -0.2) is 52.6 Å². The van der Waals surface area contributed by atoms with Crippen LogP contribution < -0.4 is 5.32 Å². The maximum Gasteiger partial charge on any atom is 0.317 e. The summed E-state index contributed by atoms with van der Waals surface area (Å²) in [7, 11) is 3.97. The van der Waals surface area contributed by atoms with Gasteiger partial charge in [-0.2, -0.15) is 0 Å². The third-order valence-corrected chi connectivity index (χ3v) is 4.22. The van der Waals surface area contributed by atoms with E-state index in [0.717, 1.165) is 26.1 Å². The van der Waals surface area contributed by atoms with Crippen molar-refractivity contribution in [2.75, 3.05) is 20.1 Å².